The number of aromatic nitrogens is 2. The van der Waals surface area contributed by atoms with Crippen LogP contribution in [0.5, 0.6) is 0 Å². The van der Waals surface area contributed by atoms with Crippen molar-refractivity contribution in [2.45, 2.75) is 0 Å². The van der Waals surface area contributed by atoms with E-state index in [2.05, 4.69) is 119 Å². The van der Waals surface area contributed by atoms with E-state index in [4.69, 9.17) is 0 Å². The fourth-order valence-electron chi connectivity index (χ4n) is 4.58. The minimum absolute atomic E-state index is 1.11. The number of hydrogen-bond acceptors (Lipinski definition) is 2. The summed E-state index contributed by atoms with van der Waals surface area (Å²) >= 11 is 0. The van der Waals surface area contributed by atoms with Gasteiger partial charge in [0.25, 0.3) is 0 Å². The van der Waals surface area contributed by atoms with Crippen LogP contribution in [0, 0.1) is 0 Å². The number of nitrogens with zero attached hydrogens (tertiary/aromatic N) is 2. The molecule has 170 valence electrons. The van der Waals surface area contributed by atoms with Gasteiger partial charge in [-0.2, -0.15) is 0 Å². The van der Waals surface area contributed by atoms with Gasteiger partial charge in [0.2, 0.25) is 0 Å². The van der Waals surface area contributed by atoms with Crippen LogP contribution in [-0.2, 0) is 0 Å². The highest BCUT2D eigenvalue weighted by molar-refractivity contribution is 5.84. The Kier molecular flexibility index (Phi) is 5.91. The van der Waals surface area contributed by atoms with Gasteiger partial charge in [-0.05, 0) is 87.0 Å². The highest BCUT2D eigenvalue weighted by Crippen LogP contribution is 2.35. The van der Waals surface area contributed by atoms with Crippen molar-refractivity contribution < 1.29 is 0 Å². The van der Waals surface area contributed by atoms with Gasteiger partial charge in [0.05, 0.1) is 0 Å². The normalized spacial score (nSPS) is 10.8. The fourth-order valence-corrected chi connectivity index (χ4v) is 4.58. The molecular weight excluding hydrogens is 436 g/mol. The van der Waals surface area contributed by atoms with Crippen LogP contribution in [0.2, 0.25) is 0 Å². The van der Waals surface area contributed by atoms with E-state index in [1.54, 1.807) is 0 Å². The maximum atomic E-state index is 4.30. The first kappa shape index (κ1) is 21.7. The first-order valence-corrected chi connectivity index (χ1v) is 12.1. The molecule has 0 amide bonds. The third-order valence-electron chi connectivity index (χ3n) is 6.42. The monoisotopic (exact) mass is 460 g/mol. The molecule has 0 atom stereocenters. The zero-order chi connectivity index (χ0) is 24.2. The summed E-state index contributed by atoms with van der Waals surface area (Å²) in [6, 6.07) is 43.0. The van der Waals surface area contributed by atoms with Gasteiger partial charge < -0.3 is 0 Å². The molecule has 0 unspecified atom stereocenters. The third kappa shape index (κ3) is 4.57. The van der Waals surface area contributed by atoms with Gasteiger partial charge in [-0.1, -0.05) is 78.9 Å². The largest absolute Gasteiger partial charge is 0.264 e. The molecule has 6 aromatic rings. The molecule has 2 nitrogen and oxygen atoms in total. The van der Waals surface area contributed by atoms with Gasteiger partial charge >= 0.3 is 0 Å². The van der Waals surface area contributed by atoms with E-state index in [0.29, 0.717) is 0 Å². The Hall–Kier alpha value is -4.82. The molecule has 0 fully saturated rings. The van der Waals surface area contributed by atoms with Crippen LogP contribution in [0.3, 0.4) is 0 Å². The number of hydrogen-bond donors (Lipinski definition) is 0. The summed E-state index contributed by atoms with van der Waals surface area (Å²) in [5.74, 6) is 0. The molecule has 0 spiro atoms. The topological polar surface area (TPSA) is 25.8 Å². The summed E-state index contributed by atoms with van der Waals surface area (Å²) in [5.41, 5.74) is 11.7. The molecule has 4 aromatic carbocycles. The van der Waals surface area contributed by atoms with E-state index < -0.39 is 0 Å². The van der Waals surface area contributed by atoms with Gasteiger partial charge in [0.15, 0.2) is 0 Å². The van der Waals surface area contributed by atoms with Gasteiger partial charge in [-0.25, -0.2) is 0 Å². The first-order valence-electron chi connectivity index (χ1n) is 12.1. The van der Waals surface area contributed by atoms with Crippen LogP contribution in [0.25, 0.3) is 55.6 Å². The van der Waals surface area contributed by atoms with Gasteiger partial charge in [-0.15, -0.1) is 0 Å². The Balaban J connectivity index is 1.50. The van der Waals surface area contributed by atoms with Crippen LogP contribution >= 0.6 is 0 Å². The molecule has 0 aliphatic carbocycles. The van der Waals surface area contributed by atoms with Crippen LogP contribution < -0.4 is 0 Å². The summed E-state index contributed by atoms with van der Waals surface area (Å²) < 4.78 is 0. The van der Waals surface area contributed by atoms with Crippen molar-refractivity contribution in [1.29, 1.82) is 0 Å². The van der Waals surface area contributed by atoms with Gasteiger partial charge in [0, 0.05) is 35.9 Å². The highest BCUT2D eigenvalue weighted by Gasteiger charge is 2.10. The van der Waals surface area contributed by atoms with Crippen molar-refractivity contribution in [3.05, 3.63) is 146 Å². The summed E-state index contributed by atoms with van der Waals surface area (Å²) in [5, 5.41) is 0. The lowest BCUT2D eigenvalue weighted by Crippen LogP contribution is -1.88. The maximum Gasteiger partial charge on any atom is 0.0346 e. The third-order valence-corrected chi connectivity index (χ3v) is 6.42. The molecule has 0 saturated heterocycles. The molecule has 0 radical (unpaired) electrons. The second kappa shape index (κ2) is 9.81. The van der Waals surface area contributed by atoms with Crippen molar-refractivity contribution in [2.24, 2.45) is 0 Å². The summed E-state index contributed by atoms with van der Waals surface area (Å²) in [4.78, 5) is 8.60. The van der Waals surface area contributed by atoms with Crippen molar-refractivity contribution in [1.82, 2.24) is 9.97 Å². The molecule has 2 aromatic heterocycles. The highest BCUT2D eigenvalue weighted by atomic mass is 14.6. The molecule has 0 aliphatic heterocycles. The van der Waals surface area contributed by atoms with Crippen molar-refractivity contribution in [3.63, 3.8) is 0 Å². The Morgan fingerprint density at radius 3 is 1.08 bits per heavy atom. The predicted molar refractivity (Wildman–Crippen MR) is 149 cm³/mol. The molecule has 0 N–H and O–H groups in total. The molecule has 0 bridgehead atoms. The summed E-state index contributed by atoms with van der Waals surface area (Å²) in [6.07, 6.45) is 7.44. The SMILES string of the molecule is c1ccc(-c2cc(-c3cccc(-c4cccnc4)c3)cc(-c3cccc(-c4cccnc4)c3)c2)cc1. The zero-order valence-corrected chi connectivity index (χ0v) is 19.8. The van der Waals surface area contributed by atoms with Crippen molar-refractivity contribution in [3.8, 4) is 55.6 Å². The fraction of sp³-hybridized carbons (Fsp3) is 0. The van der Waals surface area contributed by atoms with E-state index in [9.17, 15) is 0 Å². The standard InChI is InChI=1S/C34H24N2/c1-2-8-25(9-3-1)32-20-33(28-12-4-10-26(18-28)30-14-6-16-35-23-30)22-34(21-32)29-13-5-11-27(19-29)31-15-7-17-36-24-31/h1-24H. The molecule has 2 heterocycles. The van der Waals surface area contributed by atoms with E-state index in [1.165, 1.54) is 33.4 Å². The molecule has 36 heavy (non-hydrogen) atoms. The number of benzene rings is 4. The number of pyridine rings is 2. The lowest BCUT2D eigenvalue weighted by molar-refractivity contribution is 1.33. The molecule has 0 saturated carbocycles. The Morgan fingerprint density at radius 1 is 0.278 bits per heavy atom. The average Bonchev–Trinajstić information content (AvgIpc) is 2.98. The van der Waals surface area contributed by atoms with E-state index in [-0.39, 0.29) is 0 Å². The second-order valence-corrected chi connectivity index (χ2v) is 8.81. The Bertz CT molecular complexity index is 1510. The van der Waals surface area contributed by atoms with Gasteiger partial charge in [-0.3, -0.25) is 9.97 Å². The molecule has 6 rings (SSSR count). The quantitative estimate of drug-likeness (QED) is 0.257. The zero-order valence-electron chi connectivity index (χ0n) is 19.8. The van der Waals surface area contributed by atoms with E-state index in [0.717, 1.165) is 22.3 Å². The smallest absolute Gasteiger partial charge is 0.0346 e. The Labute approximate surface area is 211 Å². The molecule has 0 aliphatic rings. The van der Waals surface area contributed by atoms with Crippen molar-refractivity contribution >= 4 is 0 Å². The molecule has 2 heteroatoms. The first-order chi connectivity index (χ1) is 17.8. The van der Waals surface area contributed by atoms with E-state index in [1.807, 2.05) is 36.9 Å². The van der Waals surface area contributed by atoms with Crippen LogP contribution in [0.15, 0.2) is 146 Å². The predicted octanol–water partition coefficient (Wildman–Crippen LogP) is 8.81. The minimum atomic E-state index is 1.11. The second-order valence-electron chi connectivity index (χ2n) is 8.81. The lowest BCUT2D eigenvalue weighted by atomic mass is 9.91. The lowest BCUT2D eigenvalue weighted by Gasteiger charge is -2.13. The van der Waals surface area contributed by atoms with Crippen LogP contribution in [0.1, 0.15) is 0 Å². The van der Waals surface area contributed by atoms with Crippen LogP contribution in [-0.4, -0.2) is 9.97 Å². The van der Waals surface area contributed by atoms with Gasteiger partial charge in [0.1, 0.15) is 0 Å². The maximum absolute atomic E-state index is 4.30. The number of rotatable bonds is 5. The Morgan fingerprint density at radius 2 is 0.639 bits per heavy atom. The van der Waals surface area contributed by atoms with E-state index >= 15 is 0 Å². The summed E-state index contributed by atoms with van der Waals surface area (Å²) in [7, 11) is 0. The van der Waals surface area contributed by atoms with Crippen LogP contribution in [0.4, 0.5) is 0 Å². The minimum Gasteiger partial charge on any atom is -0.264 e. The molecular formula is C34H24N2. The average molecular weight is 461 g/mol. The van der Waals surface area contributed by atoms with Crippen molar-refractivity contribution in [2.75, 3.05) is 0 Å². The summed E-state index contributed by atoms with van der Waals surface area (Å²) in [6.45, 7) is 0.